The number of anilines is 4. The van der Waals surface area contributed by atoms with Crippen molar-refractivity contribution in [2.45, 2.75) is 19.3 Å². The van der Waals surface area contributed by atoms with Crippen molar-refractivity contribution in [1.29, 1.82) is 0 Å². The normalized spacial score (nSPS) is 13.8. The minimum atomic E-state index is -3.91. The van der Waals surface area contributed by atoms with Crippen LogP contribution in [-0.4, -0.2) is 53.9 Å². The lowest BCUT2D eigenvalue weighted by Crippen LogP contribution is -2.19. The van der Waals surface area contributed by atoms with Crippen LogP contribution in [0.2, 0.25) is 0 Å². The largest absolute Gasteiger partial charge is 0.383 e. The number of nitrogens with two attached hydrogens (primary N) is 2. The molecule has 198 valence electrons. The number of sulfonamides is 1. The summed E-state index contributed by atoms with van der Waals surface area (Å²) in [4.78, 5) is 19.4. The standard InChI is InChI=1S/C25H26F2N8O2S/c26-7-4-10-38(36,37)34-19-6-3-5-17(21(19)27)15-11-18-22(20(12-15)35-8-1-2-9-35)32-24(33-23(18)28)16-13-30-25(29)31-14-16/h3,5-6,11-14,34H,1-2,4,7-10H2,(H2,28,32,33)(H2,29,30,31). The molecule has 1 fully saturated rings. The van der Waals surface area contributed by atoms with Gasteiger partial charge in [0.25, 0.3) is 0 Å². The van der Waals surface area contributed by atoms with E-state index in [1.165, 1.54) is 18.5 Å². The van der Waals surface area contributed by atoms with Crippen LogP contribution in [-0.2, 0) is 10.0 Å². The summed E-state index contributed by atoms with van der Waals surface area (Å²) < 4.78 is 54.9. The van der Waals surface area contributed by atoms with Crippen molar-refractivity contribution in [3.8, 4) is 22.5 Å². The van der Waals surface area contributed by atoms with Crippen LogP contribution in [0, 0.1) is 5.82 Å². The van der Waals surface area contributed by atoms with Gasteiger partial charge in [0.2, 0.25) is 16.0 Å². The van der Waals surface area contributed by atoms with E-state index in [1.54, 1.807) is 18.2 Å². The first kappa shape index (κ1) is 25.5. The molecule has 0 bridgehead atoms. The molecule has 0 radical (unpaired) electrons. The van der Waals surface area contributed by atoms with Crippen LogP contribution in [0.1, 0.15) is 19.3 Å². The van der Waals surface area contributed by atoms with Crippen molar-refractivity contribution in [3.63, 3.8) is 0 Å². The Balaban J connectivity index is 1.64. The number of rotatable bonds is 8. The van der Waals surface area contributed by atoms with E-state index in [4.69, 9.17) is 16.5 Å². The van der Waals surface area contributed by atoms with E-state index in [2.05, 4.69) is 24.6 Å². The number of nitrogen functional groups attached to an aromatic ring is 2. The summed E-state index contributed by atoms with van der Waals surface area (Å²) in [6.45, 7) is 0.801. The first-order valence-electron chi connectivity index (χ1n) is 12.0. The summed E-state index contributed by atoms with van der Waals surface area (Å²) in [7, 11) is -3.91. The molecule has 2 aromatic carbocycles. The van der Waals surface area contributed by atoms with E-state index in [0.717, 1.165) is 31.6 Å². The first-order chi connectivity index (χ1) is 18.3. The van der Waals surface area contributed by atoms with Gasteiger partial charge in [0.05, 0.1) is 34.9 Å². The summed E-state index contributed by atoms with van der Waals surface area (Å²) in [5, 5.41) is 0.526. The van der Waals surface area contributed by atoms with Gasteiger partial charge in [-0.05, 0) is 43.0 Å². The quantitative estimate of drug-likeness (QED) is 0.303. The Morgan fingerprint density at radius 1 is 1.03 bits per heavy atom. The maximum atomic E-state index is 15.6. The maximum Gasteiger partial charge on any atom is 0.232 e. The van der Waals surface area contributed by atoms with Gasteiger partial charge in [-0.25, -0.2) is 32.7 Å². The third kappa shape index (κ3) is 5.14. The molecule has 5 N–H and O–H groups in total. The molecule has 2 aromatic heterocycles. The number of hydrogen-bond donors (Lipinski definition) is 3. The summed E-state index contributed by atoms with van der Waals surface area (Å²) in [5.41, 5.74) is 14.3. The zero-order valence-electron chi connectivity index (χ0n) is 20.4. The average molecular weight is 541 g/mol. The van der Waals surface area contributed by atoms with Gasteiger partial charge in [-0.15, -0.1) is 0 Å². The molecule has 0 saturated carbocycles. The highest BCUT2D eigenvalue weighted by Crippen LogP contribution is 2.38. The molecule has 0 atom stereocenters. The number of hydrogen-bond acceptors (Lipinski definition) is 9. The van der Waals surface area contributed by atoms with Crippen molar-refractivity contribution < 1.29 is 17.2 Å². The molecule has 38 heavy (non-hydrogen) atoms. The van der Waals surface area contributed by atoms with Crippen molar-refractivity contribution in [2.24, 2.45) is 0 Å². The number of benzene rings is 2. The van der Waals surface area contributed by atoms with Gasteiger partial charge in [0.1, 0.15) is 5.82 Å². The Morgan fingerprint density at radius 3 is 2.47 bits per heavy atom. The van der Waals surface area contributed by atoms with E-state index < -0.39 is 28.3 Å². The van der Waals surface area contributed by atoms with Crippen molar-refractivity contribution in [2.75, 3.05) is 46.6 Å². The number of nitrogens with one attached hydrogen (secondary N) is 1. The van der Waals surface area contributed by atoms with Gasteiger partial charge < -0.3 is 16.4 Å². The Kier molecular flexibility index (Phi) is 6.93. The molecule has 0 spiro atoms. The Labute approximate surface area is 218 Å². The molecule has 5 rings (SSSR count). The van der Waals surface area contributed by atoms with Crippen LogP contribution in [0.5, 0.6) is 0 Å². The fraction of sp³-hybridized carbons (Fsp3) is 0.280. The lowest BCUT2D eigenvalue weighted by Gasteiger charge is -2.22. The predicted molar refractivity (Wildman–Crippen MR) is 144 cm³/mol. The molecular weight excluding hydrogens is 514 g/mol. The molecular formula is C25H26F2N8O2S. The number of halogens is 2. The number of alkyl halides is 1. The molecule has 1 saturated heterocycles. The van der Waals surface area contributed by atoms with Crippen LogP contribution in [0.4, 0.5) is 31.9 Å². The van der Waals surface area contributed by atoms with E-state index in [-0.39, 0.29) is 29.4 Å². The van der Waals surface area contributed by atoms with Gasteiger partial charge in [-0.1, -0.05) is 12.1 Å². The van der Waals surface area contributed by atoms with Crippen LogP contribution in [0.25, 0.3) is 33.4 Å². The lowest BCUT2D eigenvalue weighted by molar-refractivity contribution is 0.484. The van der Waals surface area contributed by atoms with E-state index in [1.807, 2.05) is 6.07 Å². The van der Waals surface area contributed by atoms with Gasteiger partial charge in [-0.2, -0.15) is 0 Å². The molecule has 1 aliphatic rings. The molecule has 4 aromatic rings. The van der Waals surface area contributed by atoms with Crippen molar-refractivity contribution in [1.82, 2.24) is 19.9 Å². The minimum absolute atomic E-state index is 0.124. The highest BCUT2D eigenvalue weighted by molar-refractivity contribution is 7.92. The zero-order valence-corrected chi connectivity index (χ0v) is 21.2. The Hall–Kier alpha value is -4.13. The SMILES string of the molecule is Nc1ncc(-c2nc(N)c3cc(-c4cccc(NS(=O)(=O)CCCF)c4F)cc(N4CCCC4)c3n2)cn1. The molecule has 3 heterocycles. The van der Waals surface area contributed by atoms with E-state index >= 15 is 4.39 Å². The third-order valence-electron chi connectivity index (χ3n) is 6.31. The molecule has 0 amide bonds. The zero-order chi connectivity index (χ0) is 26.9. The highest BCUT2D eigenvalue weighted by atomic mass is 32.2. The second-order valence-corrected chi connectivity index (χ2v) is 10.8. The number of nitrogens with zero attached hydrogens (tertiary/aromatic N) is 5. The van der Waals surface area contributed by atoms with Gasteiger partial charge in [-0.3, -0.25) is 9.11 Å². The first-order valence-corrected chi connectivity index (χ1v) is 13.7. The average Bonchev–Trinajstić information content (AvgIpc) is 3.44. The number of aromatic nitrogens is 4. The molecule has 0 aliphatic carbocycles. The van der Waals surface area contributed by atoms with Crippen LogP contribution >= 0.6 is 0 Å². The second kappa shape index (κ2) is 10.3. The minimum Gasteiger partial charge on any atom is -0.383 e. The number of fused-ring (bicyclic) bond motifs is 1. The van der Waals surface area contributed by atoms with Crippen molar-refractivity contribution in [3.05, 3.63) is 48.5 Å². The second-order valence-electron chi connectivity index (χ2n) is 8.98. The molecule has 10 nitrogen and oxygen atoms in total. The van der Waals surface area contributed by atoms with Crippen LogP contribution in [0.15, 0.2) is 42.7 Å². The summed E-state index contributed by atoms with van der Waals surface area (Å²) in [5.74, 6) is -0.555. The Morgan fingerprint density at radius 2 is 1.76 bits per heavy atom. The molecule has 1 aliphatic heterocycles. The van der Waals surface area contributed by atoms with Gasteiger partial charge in [0.15, 0.2) is 11.6 Å². The topological polar surface area (TPSA) is 153 Å². The third-order valence-corrected chi connectivity index (χ3v) is 7.67. The van der Waals surface area contributed by atoms with Gasteiger partial charge >= 0.3 is 0 Å². The molecule has 0 unspecified atom stereocenters. The maximum absolute atomic E-state index is 15.6. The predicted octanol–water partition coefficient (Wildman–Crippen LogP) is 3.76. The van der Waals surface area contributed by atoms with Crippen LogP contribution < -0.4 is 21.1 Å². The van der Waals surface area contributed by atoms with Crippen LogP contribution in [0.3, 0.4) is 0 Å². The Bertz CT molecular complexity index is 1590. The summed E-state index contributed by atoms with van der Waals surface area (Å²) >= 11 is 0. The smallest absolute Gasteiger partial charge is 0.232 e. The van der Waals surface area contributed by atoms with Gasteiger partial charge in [0, 0.05) is 36.4 Å². The summed E-state index contributed by atoms with van der Waals surface area (Å²) in [6, 6.07) is 7.94. The highest BCUT2D eigenvalue weighted by Gasteiger charge is 2.22. The van der Waals surface area contributed by atoms with E-state index in [0.29, 0.717) is 27.9 Å². The van der Waals surface area contributed by atoms with Crippen molar-refractivity contribution >= 4 is 44.1 Å². The lowest BCUT2D eigenvalue weighted by atomic mass is 10.0. The summed E-state index contributed by atoms with van der Waals surface area (Å²) in [6.07, 6.45) is 4.85. The fourth-order valence-electron chi connectivity index (χ4n) is 4.47. The fourth-order valence-corrected chi connectivity index (χ4v) is 5.56. The van der Waals surface area contributed by atoms with E-state index in [9.17, 15) is 12.8 Å². The monoisotopic (exact) mass is 540 g/mol. The molecule has 13 heteroatoms.